The number of pyridine rings is 1. The van der Waals surface area contributed by atoms with Crippen LogP contribution in [0.2, 0.25) is 0 Å². The van der Waals surface area contributed by atoms with Crippen molar-refractivity contribution in [2.75, 3.05) is 13.6 Å². The molecule has 0 radical (unpaired) electrons. The summed E-state index contributed by atoms with van der Waals surface area (Å²) in [5.41, 5.74) is 1.10. The number of hydrogen-bond donors (Lipinski definition) is 1. The maximum Gasteiger partial charge on any atom is 0.317 e. The van der Waals surface area contributed by atoms with Crippen molar-refractivity contribution in [2.24, 2.45) is 0 Å². The first-order chi connectivity index (χ1) is 7.27. The molecule has 1 N–H and O–H groups in total. The highest BCUT2D eigenvalue weighted by Gasteiger charge is 2.26. The van der Waals surface area contributed by atoms with Crippen LogP contribution in [0, 0.1) is 0 Å². The Morgan fingerprint density at radius 3 is 2.47 bits per heavy atom. The third-order valence-electron chi connectivity index (χ3n) is 2.21. The standard InChI is InChI=1S/C9H11N3O.C2H6/c1-12-6-8(11-9(12)13)7-2-4-10-5-3-7;1-2/h2-5,8H,6H2,1H3,(H,11,13);1-2H3. The molecular formula is C11H17N3O. The van der Waals surface area contributed by atoms with E-state index < -0.39 is 0 Å². The van der Waals surface area contributed by atoms with Gasteiger partial charge in [0.2, 0.25) is 0 Å². The van der Waals surface area contributed by atoms with E-state index in [0.29, 0.717) is 0 Å². The lowest BCUT2D eigenvalue weighted by atomic mass is 10.1. The molecule has 2 amide bonds. The first kappa shape index (κ1) is 11.5. The second kappa shape index (κ2) is 5.34. The molecule has 0 bridgehead atoms. The van der Waals surface area contributed by atoms with Crippen molar-refractivity contribution in [3.8, 4) is 0 Å². The predicted molar refractivity (Wildman–Crippen MR) is 59.5 cm³/mol. The fourth-order valence-electron chi connectivity index (χ4n) is 1.45. The normalized spacial score (nSPS) is 19.3. The average Bonchev–Trinajstić information content (AvgIpc) is 2.63. The number of nitrogens with one attached hydrogen (secondary N) is 1. The van der Waals surface area contributed by atoms with Gasteiger partial charge in [-0.1, -0.05) is 13.8 Å². The fourth-order valence-corrected chi connectivity index (χ4v) is 1.45. The molecule has 4 heteroatoms. The Morgan fingerprint density at radius 2 is 2.00 bits per heavy atom. The summed E-state index contributed by atoms with van der Waals surface area (Å²) < 4.78 is 0. The summed E-state index contributed by atoms with van der Waals surface area (Å²) in [6.45, 7) is 4.73. The molecule has 1 aromatic heterocycles. The number of carbonyl (C=O) groups is 1. The molecule has 1 aromatic rings. The second-order valence-electron chi connectivity index (χ2n) is 3.16. The summed E-state index contributed by atoms with van der Waals surface area (Å²) in [4.78, 5) is 16.8. The predicted octanol–water partition coefficient (Wildman–Crippen LogP) is 1.80. The van der Waals surface area contributed by atoms with Crippen molar-refractivity contribution < 1.29 is 4.79 Å². The number of carbonyl (C=O) groups excluding carboxylic acids is 1. The lowest BCUT2D eigenvalue weighted by Crippen LogP contribution is -2.23. The summed E-state index contributed by atoms with van der Waals surface area (Å²) in [6.07, 6.45) is 3.47. The Balaban J connectivity index is 0.000000531. The van der Waals surface area contributed by atoms with Crippen molar-refractivity contribution in [3.05, 3.63) is 30.1 Å². The molecule has 2 rings (SSSR count). The lowest BCUT2D eigenvalue weighted by Gasteiger charge is -2.08. The van der Waals surface area contributed by atoms with Crippen LogP contribution in [0.3, 0.4) is 0 Å². The van der Waals surface area contributed by atoms with Gasteiger partial charge in [0.15, 0.2) is 0 Å². The third kappa shape index (κ3) is 2.68. The molecule has 2 heterocycles. The maximum absolute atomic E-state index is 11.2. The molecule has 0 spiro atoms. The smallest absolute Gasteiger partial charge is 0.317 e. The lowest BCUT2D eigenvalue weighted by molar-refractivity contribution is 0.226. The highest BCUT2D eigenvalue weighted by molar-refractivity contribution is 5.76. The molecule has 1 aliphatic rings. The van der Waals surface area contributed by atoms with Gasteiger partial charge in [0.05, 0.1) is 6.04 Å². The number of urea groups is 1. The van der Waals surface area contributed by atoms with Crippen LogP contribution in [-0.4, -0.2) is 29.5 Å². The van der Waals surface area contributed by atoms with Crippen molar-refractivity contribution in [1.82, 2.24) is 15.2 Å². The van der Waals surface area contributed by atoms with Crippen LogP contribution in [0.15, 0.2) is 24.5 Å². The Bertz CT molecular complexity index is 313. The summed E-state index contributed by atoms with van der Waals surface area (Å²) in [5.74, 6) is 0. The van der Waals surface area contributed by atoms with Gasteiger partial charge < -0.3 is 10.2 Å². The summed E-state index contributed by atoms with van der Waals surface area (Å²) in [5, 5.41) is 2.88. The highest BCUT2D eigenvalue weighted by atomic mass is 16.2. The van der Waals surface area contributed by atoms with Crippen LogP contribution in [-0.2, 0) is 0 Å². The van der Waals surface area contributed by atoms with Gasteiger partial charge in [-0.25, -0.2) is 4.79 Å². The molecular weight excluding hydrogens is 190 g/mol. The minimum atomic E-state index is -0.0122. The van der Waals surface area contributed by atoms with E-state index in [9.17, 15) is 4.79 Å². The topological polar surface area (TPSA) is 45.2 Å². The summed E-state index contributed by atoms with van der Waals surface area (Å²) >= 11 is 0. The van der Waals surface area contributed by atoms with Gasteiger partial charge in [-0.05, 0) is 17.7 Å². The maximum atomic E-state index is 11.2. The Hall–Kier alpha value is -1.58. The number of hydrogen-bond acceptors (Lipinski definition) is 2. The van der Waals surface area contributed by atoms with E-state index >= 15 is 0 Å². The van der Waals surface area contributed by atoms with E-state index in [2.05, 4.69) is 10.3 Å². The van der Waals surface area contributed by atoms with E-state index in [1.807, 2.05) is 26.0 Å². The zero-order valence-corrected chi connectivity index (χ0v) is 9.40. The molecule has 4 nitrogen and oxygen atoms in total. The van der Waals surface area contributed by atoms with Crippen molar-refractivity contribution in [2.45, 2.75) is 19.9 Å². The zero-order valence-electron chi connectivity index (χ0n) is 9.40. The number of nitrogens with zero attached hydrogens (tertiary/aromatic N) is 2. The molecule has 1 unspecified atom stereocenters. The molecule has 1 atom stereocenters. The highest BCUT2D eigenvalue weighted by Crippen LogP contribution is 2.17. The van der Waals surface area contributed by atoms with Gasteiger partial charge in [-0.3, -0.25) is 4.98 Å². The monoisotopic (exact) mass is 207 g/mol. The van der Waals surface area contributed by atoms with Gasteiger partial charge in [-0.2, -0.15) is 0 Å². The molecule has 1 saturated heterocycles. The molecule has 0 aromatic carbocycles. The summed E-state index contributed by atoms with van der Waals surface area (Å²) in [7, 11) is 1.79. The minimum Gasteiger partial charge on any atom is -0.329 e. The SMILES string of the molecule is CC.CN1CC(c2ccncc2)NC1=O. The van der Waals surface area contributed by atoms with Crippen LogP contribution in [0.5, 0.6) is 0 Å². The number of likely N-dealkylation sites (N-methyl/N-ethyl adjacent to an activating group) is 1. The number of rotatable bonds is 1. The van der Waals surface area contributed by atoms with Gasteiger partial charge in [-0.15, -0.1) is 0 Å². The fraction of sp³-hybridized carbons (Fsp3) is 0.455. The van der Waals surface area contributed by atoms with Crippen LogP contribution in [0.4, 0.5) is 4.79 Å². The van der Waals surface area contributed by atoms with Crippen LogP contribution < -0.4 is 5.32 Å². The number of aromatic nitrogens is 1. The van der Waals surface area contributed by atoms with E-state index in [4.69, 9.17) is 0 Å². The first-order valence-corrected chi connectivity index (χ1v) is 5.19. The van der Waals surface area contributed by atoms with Crippen molar-refractivity contribution in [1.29, 1.82) is 0 Å². The number of amides is 2. The Labute approximate surface area is 90.3 Å². The molecule has 1 fully saturated rings. The largest absolute Gasteiger partial charge is 0.329 e. The van der Waals surface area contributed by atoms with E-state index in [0.717, 1.165) is 12.1 Å². The van der Waals surface area contributed by atoms with Gasteiger partial charge in [0.1, 0.15) is 0 Å². The van der Waals surface area contributed by atoms with Crippen LogP contribution in [0.1, 0.15) is 25.5 Å². The van der Waals surface area contributed by atoms with Gasteiger partial charge in [0, 0.05) is 26.0 Å². The first-order valence-electron chi connectivity index (χ1n) is 5.19. The van der Waals surface area contributed by atoms with Crippen LogP contribution >= 0.6 is 0 Å². The zero-order chi connectivity index (χ0) is 11.3. The molecule has 0 saturated carbocycles. The van der Waals surface area contributed by atoms with E-state index in [1.54, 1.807) is 24.3 Å². The van der Waals surface area contributed by atoms with E-state index in [1.165, 1.54) is 0 Å². The molecule has 15 heavy (non-hydrogen) atoms. The molecule has 0 aliphatic carbocycles. The van der Waals surface area contributed by atoms with Crippen molar-refractivity contribution in [3.63, 3.8) is 0 Å². The van der Waals surface area contributed by atoms with Gasteiger partial charge >= 0.3 is 6.03 Å². The average molecular weight is 207 g/mol. The quantitative estimate of drug-likeness (QED) is 0.763. The van der Waals surface area contributed by atoms with Crippen molar-refractivity contribution >= 4 is 6.03 Å². The van der Waals surface area contributed by atoms with Gasteiger partial charge in [0.25, 0.3) is 0 Å². The van der Waals surface area contributed by atoms with Crippen LogP contribution in [0.25, 0.3) is 0 Å². The third-order valence-corrected chi connectivity index (χ3v) is 2.21. The Morgan fingerprint density at radius 1 is 1.40 bits per heavy atom. The van der Waals surface area contributed by atoms with E-state index in [-0.39, 0.29) is 12.1 Å². The Kier molecular flexibility index (Phi) is 4.09. The molecule has 1 aliphatic heterocycles. The second-order valence-corrected chi connectivity index (χ2v) is 3.16. The summed E-state index contributed by atoms with van der Waals surface area (Å²) in [6, 6.07) is 3.94. The minimum absolute atomic E-state index is 0.0122. The molecule has 82 valence electrons.